The van der Waals surface area contributed by atoms with Crippen molar-refractivity contribution in [1.82, 2.24) is 15.1 Å². The van der Waals surface area contributed by atoms with E-state index in [1.807, 2.05) is 42.5 Å². The summed E-state index contributed by atoms with van der Waals surface area (Å²) in [5.74, 6) is -5.58. The lowest BCUT2D eigenvalue weighted by Crippen LogP contribution is -2.58. The van der Waals surface area contributed by atoms with Crippen LogP contribution in [0.25, 0.3) is 16.6 Å². The van der Waals surface area contributed by atoms with Crippen LogP contribution < -0.4 is 10.2 Å². The third kappa shape index (κ3) is 3.84. The van der Waals surface area contributed by atoms with Crippen molar-refractivity contribution in [3.05, 3.63) is 90.4 Å². The van der Waals surface area contributed by atoms with Crippen LogP contribution in [0.2, 0.25) is 0 Å². The molecule has 2 atom stereocenters. The number of rotatable bonds is 6. The van der Waals surface area contributed by atoms with Crippen LogP contribution in [0.15, 0.2) is 79.0 Å². The molecule has 4 aromatic rings. The molecule has 2 fully saturated rings. The van der Waals surface area contributed by atoms with Gasteiger partial charge in [0.1, 0.15) is 5.82 Å². The molecule has 6 nitrogen and oxygen atoms in total. The number of carbonyl (C=O) groups excluding carboxylic acids is 2. The molecule has 1 aliphatic carbocycles. The van der Waals surface area contributed by atoms with Crippen LogP contribution in [0, 0.1) is 11.7 Å². The summed E-state index contributed by atoms with van der Waals surface area (Å²) in [5, 5.41) is 7.74. The highest BCUT2D eigenvalue weighted by Gasteiger charge is 2.62. The minimum Gasteiger partial charge on any atom is -0.345 e. The van der Waals surface area contributed by atoms with E-state index >= 15 is 0 Å². The number of hydrogen-bond donors (Lipinski definition) is 1. The van der Waals surface area contributed by atoms with Gasteiger partial charge in [-0.05, 0) is 66.8 Å². The van der Waals surface area contributed by atoms with E-state index < -0.39 is 23.4 Å². The average Bonchev–Trinajstić information content (AvgIpc) is 3.59. The number of anilines is 1. The highest BCUT2D eigenvalue weighted by molar-refractivity contribution is 6.01. The summed E-state index contributed by atoms with van der Waals surface area (Å²) in [6, 6.07) is 20.0. The van der Waals surface area contributed by atoms with E-state index in [1.165, 1.54) is 12.1 Å². The first-order valence-corrected chi connectivity index (χ1v) is 12.5. The molecule has 1 aromatic heterocycles. The second-order valence-electron chi connectivity index (χ2n) is 10.1. The van der Waals surface area contributed by atoms with E-state index in [9.17, 15) is 22.8 Å². The van der Waals surface area contributed by atoms with Crippen LogP contribution in [0.4, 0.5) is 18.9 Å². The molecule has 0 bridgehead atoms. The fourth-order valence-corrected chi connectivity index (χ4v) is 5.80. The van der Waals surface area contributed by atoms with Crippen molar-refractivity contribution in [3.8, 4) is 5.69 Å². The molecular weight excluding hydrogens is 493 g/mol. The first-order valence-electron chi connectivity index (χ1n) is 12.5. The molecule has 0 radical (unpaired) electrons. The van der Waals surface area contributed by atoms with Gasteiger partial charge < -0.3 is 5.32 Å². The molecule has 2 aliphatic rings. The standard InChI is InChI=1S/C29H25F3N4O2/c1-28(31,32)27(38)34-25-16-26(37)35(29(25,20-7-8-20)19-5-3-2-4-6-19)23-13-14-24-18(15-23)17-33-36(24)22-11-9-21(30)10-12-22/h2-6,9-15,17,20,25H,7-8,16H2,1H3,(H,34,38)/t25-,29+/m1/s1. The van der Waals surface area contributed by atoms with Crippen molar-refractivity contribution < 1.29 is 22.8 Å². The lowest BCUT2D eigenvalue weighted by Gasteiger charge is -2.43. The number of amides is 2. The summed E-state index contributed by atoms with van der Waals surface area (Å²) in [4.78, 5) is 27.8. The summed E-state index contributed by atoms with van der Waals surface area (Å²) in [7, 11) is 0. The maximum Gasteiger partial charge on any atom is 0.321 e. The summed E-state index contributed by atoms with van der Waals surface area (Å²) < 4.78 is 43.0. The largest absolute Gasteiger partial charge is 0.345 e. The van der Waals surface area contributed by atoms with Gasteiger partial charge in [0.15, 0.2) is 0 Å². The molecule has 2 heterocycles. The minimum absolute atomic E-state index is 0.00948. The molecule has 38 heavy (non-hydrogen) atoms. The van der Waals surface area contributed by atoms with Gasteiger partial charge in [-0.1, -0.05) is 30.3 Å². The Morgan fingerprint density at radius 1 is 1.03 bits per heavy atom. The SMILES string of the molecule is CC(F)(F)C(=O)N[C@@H]1CC(=O)N(c2ccc3c(cnn3-c3ccc(F)cc3)c2)[C@@]1(c1ccccc1)C1CC1. The van der Waals surface area contributed by atoms with Gasteiger partial charge in [-0.25, -0.2) is 9.07 Å². The molecule has 1 saturated carbocycles. The zero-order valence-corrected chi connectivity index (χ0v) is 20.6. The predicted molar refractivity (Wildman–Crippen MR) is 137 cm³/mol. The van der Waals surface area contributed by atoms with E-state index in [0.29, 0.717) is 18.3 Å². The van der Waals surface area contributed by atoms with Crippen LogP contribution in [-0.2, 0) is 15.1 Å². The van der Waals surface area contributed by atoms with Gasteiger partial charge in [-0.3, -0.25) is 14.5 Å². The first-order chi connectivity index (χ1) is 18.2. The number of nitrogens with one attached hydrogen (secondary N) is 1. The molecule has 1 N–H and O–H groups in total. The van der Waals surface area contributed by atoms with E-state index in [2.05, 4.69) is 10.4 Å². The first kappa shape index (κ1) is 24.2. The van der Waals surface area contributed by atoms with Gasteiger partial charge in [0.25, 0.3) is 5.91 Å². The Labute approximate surface area is 217 Å². The highest BCUT2D eigenvalue weighted by Crippen LogP contribution is 2.56. The molecule has 0 unspecified atom stereocenters. The molecule has 1 aliphatic heterocycles. The Bertz CT molecular complexity index is 1530. The van der Waals surface area contributed by atoms with Gasteiger partial charge in [-0.15, -0.1) is 0 Å². The third-order valence-corrected chi connectivity index (χ3v) is 7.55. The second kappa shape index (κ2) is 8.72. The fourth-order valence-electron chi connectivity index (χ4n) is 5.80. The summed E-state index contributed by atoms with van der Waals surface area (Å²) in [6.45, 7) is 0.560. The van der Waals surface area contributed by atoms with Crippen molar-refractivity contribution in [2.45, 2.75) is 43.7 Å². The average molecular weight is 519 g/mol. The molecular formula is C29H25F3N4O2. The zero-order chi connectivity index (χ0) is 26.7. The number of alkyl halides is 2. The van der Waals surface area contributed by atoms with Crippen molar-refractivity contribution in [2.75, 3.05) is 4.90 Å². The highest BCUT2D eigenvalue weighted by atomic mass is 19.3. The van der Waals surface area contributed by atoms with Gasteiger partial charge in [0.2, 0.25) is 5.91 Å². The normalized spacial score (nSPS) is 21.7. The molecule has 194 valence electrons. The number of fused-ring (bicyclic) bond motifs is 1. The van der Waals surface area contributed by atoms with E-state index in [4.69, 9.17) is 0 Å². The lowest BCUT2D eigenvalue weighted by molar-refractivity contribution is -0.144. The minimum atomic E-state index is -3.57. The van der Waals surface area contributed by atoms with Gasteiger partial charge >= 0.3 is 5.92 Å². The Balaban J connectivity index is 1.47. The van der Waals surface area contributed by atoms with E-state index in [-0.39, 0.29) is 24.1 Å². The lowest BCUT2D eigenvalue weighted by atomic mass is 9.78. The Kier molecular flexibility index (Phi) is 5.55. The fraction of sp³-hybridized carbons (Fsp3) is 0.276. The Morgan fingerprint density at radius 2 is 1.71 bits per heavy atom. The van der Waals surface area contributed by atoms with Crippen LogP contribution in [-0.4, -0.2) is 33.6 Å². The molecule has 9 heteroatoms. The second-order valence-corrected chi connectivity index (χ2v) is 10.1. The zero-order valence-electron chi connectivity index (χ0n) is 20.6. The van der Waals surface area contributed by atoms with Gasteiger partial charge in [0.05, 0.1) is 35.4 Å². The topological polar surface area (TPSA) is 67.2 Å². The number of hydrogen-bond acceptors (Lipinski definition) is 3. The predicted octanol–water partition coefficient (Wildman–Crippen LogP) is 5.35. The number of nitrogens with zero attached hydrogens (tertiary/aromatic N) is 3. The molecule has 1 saturated heterocycles. The maximum atomic E-state index is 14.0. The molecule has 3 aromatic carbocycles. The Morgan fingerprint density at radius 3 is 2.37 bits per heavy atom. The van der Waals surface area contributed by atoms with Gasteiger partial charge in [0, 0.05) is 18.0 Å². The summed E-state index contributed by atoms with van der Waals surface area (Å²) >= 11 is 0. The summed E-state index contributed by atoms with van der Waals surface area (Å²) in [6.07, 6.45) is 3.18. The smallest absolute Gasteiger partial charge is 0.321 e. The number of benzene rings is 3. The van der Waals surface area contributed by atoms with Crippen molar-refractivity contribution in [2.24, 2.45) is 5.92 Å². The van der Waals surface area contributed by atoms with Crippen LogP contribution in [0.3, 0.4) is 0 Å². The number of carbonyl (C=O) groups is 2. The van der Waals surface area contributed by atoms with Crippen LogP contribution >= 0.6 is 0 Å². The molecule has 2 amide bonds. The summed E-state index contributed by atoms with van der Waals surface area (Å²) in [5.41, 5.74) is 1.82. The molecule has 0 spiro atoms. The Hall–Kier alpha value is -4.14. The van der Waals surface area contributed by atoms with E-state index in [0.717, 1.165) is 29.3 Å². The number of aromatic nitrogens is 2. The monoisotopic (exact) mass is 518 g/mol. The maximum absolute atomic E-state index is 14.0. The number of halogens is 3. The third-order valence-electron chi connectivity index (χ3n) is 7.55. The van der Waals surface area contributed by atoms with E-state index in [1.54, 1.807) is 34.0 Å². The quantitative estimate of drug-likeness (QED) is 0.374. The van der Waals surface area contributed by atoms with Crippen molar-refractivity contribution in [1.29, 1.82) is 0 Å². The van der Waals surface area contributed by atoms with Gasteiger partial charge in [-0.2, -0.15) is 13.9 Å². The van der Waals surface area contributed by atoms with Crippen molar-refractivity contribution in [3.63, 3.8) is 0 Å². The van der Waals surface area contributed by atoms with Crippen LogP contribution in [0.5, 0.6) is 0 Å². The van der Waals surface area contributed by atoms with Crippen molar-refractivity contribution >= 4 is 28.4 Å². The van der Waals surface area contributed by atoms with Crippen LogP contribution in [0.1, 0.15) is 31.7 Å². The molecule has 6 rings (SSSR count).